The van der Waals surface area contributed by atoms with Crippen LogP contribution in [0.1, 0.15) is 52.5 Å². The Bertz CT molecular complexity index is 1400. The largest absolute Gasteiger partial charge is 0.465 e. The highest BCUT2D eigenvalue weighted by atomic mass is 32.1. The van der Waals surface area contributed by atoms with Gasteiger partial charge in [0.2, 0.25) is 0 Å². The molecule has 2 N–H and O–H groups in total. The van der Waals surface area contributed by atoms with E-state index in [2.05, 4.69) is 20.6 Å². The van der Waals surface area contributed by atoms with Crippen molar-refractivity contribution in [2.24, 2.45) is 7.05 Å². The molecule has 0 aromatic carbocycles. The zero-order chi connectivity index (χ0) is 23.3. The fourth-order valence-corrected chi connectivity index (χ4v) is 4.97. The first-order chi connectivity index (χ1) is 15.9. The number of hydrogen-bond donors (Lipinski definition) is 2. The predicted molar refractivity (Wildman–Crippen MR) is 126 cm³/mol. The fraction of sp³-hybridized carbons (Fsp3) is 0.409. The molecule has 33 heavy (non-hydrogen) atoms. The molecule has 4 heterocycles. The van der Waals surface area contributed by atoms with Crippen LogP contribution in [-0.4, -0.2) is 49.1 Å². The predicted octanol–water partition coefficient (Wildman–Crippen LogP) is 3.38. The zero-order valence-corrected chi connectivity index (χ0v) is 19.7. The van der Waals surface area contributed by atoms with Crippen LogP contribution in [0.2, 0.25) is 0 Å². The van der Waals surface area contributed by atoms with Crippen molar-refractivity contribution in [3.63, 3.8) is 0 Å². The first-order valence-corrected chi connectivity index (χ1v) is 11.8. The van der Waals surface area contributed by atoms with Gasteiger partial charge < -0.3 is 24.5 Å². The number of methoxy groups -OCH3 is 1. The summed E-state index contributed by atoms with van der Waals surface area (Å²) in [6.45, 7) is 4.53. The van der Waals surface area contributed by atoms with Crippen molar-refractivity contribution in [1.29, 1.82) is 0 Å². The van der Waals surface area contributed by atoms with Gasteiger partial charge in [-0.2, -0.15) is 0 Å². The number of thiazole rings is 1. The molecule has 0 unspecified atom stereocenters. The van der Waals surface area contributed by atoms with Crippen molar-refractivity contribution in [3.05, 3.63) is 28.7 Å². The molecular weight excluding hydrogens is 442 g/mol. The standard InChI is InChI=1S/C22H25N7O3S/c1-5-13-17(21(31)32-4)33-22(25-13)27-18-15-16(28(3)10-23-15)12-9-14(20(30)24-11-7-8-11)29(6-2)19(12)26-18/h9-11H,5-8H2,1-4H3,(H,24,30)(H,25,26,27). The lowest BCUT2D eigenvalue weighted by molar-refractivity contribution is 0.0604. The Balaban J connectivity index is 1.64. The summed E-state index contributed by atoms with van der Waals surface area (Å²) in [6.07, 6.45) is 4.38. The number of aromatic nitrogens is 5. The number of carbonyl (C=O) groups excluding carboxylic acids is 2. The van der Waals surface area contributed by atoms with Gasteiger partial charge in [0.25, 0.3) is 5.91 Å². The van der Waals surface area contributed by atoms with E-state index < -0.39 is 5.97 Å². The van der Waals surface area contributed by atoms with E-state index >= 15 is 0 Å². The Morgan fingerprint density at radius 1 is 1.27 bits per heavy atom. The molecule has 1 amide bonds. The second kappa shape index (κ2) is 8.14. The Kier molecular flexibility index (Phi) is 5.28. The number of ether oxygens (including phenoxy) is 1. The van der Waals surface area contributed by atoms with E-state index in [1.807, 2.05) is 36.1 Å². The molecule has 4 aromatic heterocycles. The van der Waals surface area contributed by atoms with E-state index in [0.29, 0.717) is 51.3 Å². The first-order valence-electron chi connectivity index (χ1n) is 10.9. The van der Waals surface area contributed by atoms with Gasteiger partial charge in [0, 0.05) is 25.0 Å². The quantitative estimate of drug-likeness (QED) is 0.400. The first kappa shape index (κ1) is 21.4. The minimum atomic E-state index is -0.407. The number of hydrogen-bond acceptors (Lipinski definition) is 8. The van der Waals surface area contributed by atoms with Gasteiger partial charge in [-0.05, 0) is 32.3 Å². The van der Waals surface area contributed by atoms with Crippen LogP contribution in [0, 0.1) is 0 Å². The van der Waals surface area contributed by atoms with Crippen molar-refractivity contribution in [2.45, 2.75) is 45.7 Å². The number of nitrogens with one attached hydrogen (secondary N) is 2. The smallest absolute Gasteiger partial charge is 0.350 e. The maximum Gasteiger partial charge on any atom is 0.350 e. The second-order valence-corrected chi connectivity index (χ2v) is 9.04. The molecule has 11 heteroatoms. The lowest BCUT2D eigenvalue weighted by Crippen LogP contribution is -2.27. The van der Waals surface area contributed by atoms with E-state index in [9.17, 15) is 9.59 Å². The van der Waals surface area contributed by atoms with E-state index in [0.717, 1.165) is 23.7 Å². The van der Waals surface area contributed by atoms with E-state index in [4.69, 9.17) is 9.72 Å². The van der Waals surface area contributed by atoms with Gasteiger partial charge in [0.15, 0.2) is 10.9 Å². The van der Waals surface area contributed by atoms with Crippen LogP contribution in [0.25, 0.3) is 22.1 Å². The summed E-state index contributed by atoms with van der Waals surface area (Å²) in [5.41, 5.74) is 3.49. The van der Waals surface area contributed by atoms with Gasteiger partial charge in [-0.25, -0.2) is 19.7 Å². The molecule has 10 nitrogen and oxygen atoms in total. The lowest BCUT2D eigenvalue weighted by Gasteiger charge is -2.09. The molecule has 0 bridgehead atoms. The van der Waals surface area contributed by atoms with Gasteiger partial charge in [-0.3, -0.25) is 4.79 Å². The molecule has 1 fully saturated rings. The highest BCUT2D eigenvalue weighted by Gasteiger charge is 2.27. The van der Waals surface area contributed by atoms with Gasteiger partial charge in [-0.15, -0.1) is 0 Å². The number of imidazole rings is 1. The molecule has 1 aliphatic carbocycles. The average Bonchev–Trinajstić information content (AvgIpc) is 3.23. The van der Waals surface area contributed by atoms with Gasteiger partial charge in [0.05, 0.1) is 24.6 Å². The number of nitrogens with zero attached hydrogens (tertiary/aromatic N) is 5. The summed E-state index contributed by atoms with van der Waals surface area (Å²) >= 11 is 1.22. The third-order valence-electron chi connectivity index (χ3n) is 5.79. The monoisotopic (exact) mass is 467 g/mol. The Hall–Kier alpha value is -3.47. The minimum absolute atomic E-state index is 0.0857. The number of rotatable bonds is 7. The number of fused-ring (bicyclic) bond motifs is 3. The van der Waals surface area contributed by atoms with Crippen LogP contribution in [0.5, 0.6) is 0 Å². The third kappa shape index (κ3) is 3.62. The molecule has 4 aromatic rings. The van der Waals surface area contributed by atoms with Crippen molar-refractivity contribution < 1.29 is 14.3 Å². The summed E-state index contributed by atoms with van der Waals surface area (Å²) in [6, 6.07) is 2.16. The van der Waals surface area contributed by atoms with Crippen LogP contribution in [0.15, 0.2) is 12.4 Å². The average molecular weight is 468 g/mol. The van der Waals surface area contributed by atoms with Crippen LogP contribution in [0.3, 0.4) is 0 Å². The lowest BCUT2D eigenvalue weighted by atomic mass is 10.2. The van der Waals surface area contributed by atoms with Crippen molar-refractivity contribution >= 4 is 56.2 Å². The Morgan fingerprint density at radius 3 is 2.73 bits per heavy atom. The second-order valence-electron chi connectivity index (χ2n) is 8.04. The van der Waals surface area contributed by atoms with Gasteiger partial charge in [0.1, 0.15) is 21.7 Å². The number of amides is 1. The number of aryl methyl sites for hydroxylation is 3. The molecule has 172 valence electrons. The SMILES string of the molecule is CCc1nc(Nc2nc3c(cc(C(=O)NC4CC4)n3CC)c3c2ncn3C)sc1C(=O)OC. The van der Waals surface area contributed by atoms with E-state index in [-0.39, 0.29) is 11.9 Å². The maximum absolute atomic E-state index is 12.9. The summed E-state index contributed by atoms with van der Waals surface area (Å²) in [4.78, 5) is 39.5. The van der Waals surface area contributed by atoms with Crippen molar-refractivity contribution in [2.75, 3.05) is 12.4 Å². The Morgan fingerprint density at radius 2 is 2.06 bits per heavy atom. The van der Waals surface area contributed by atoms with Gasteiger partial charge >= 0.3 is 5.97 Å². The van der Waals surface area contributed by atoms with Crippen molar-refractivity contribution in [3.8, 4) is 0 Å². The molecular formula is C22H25N7O3S. The maximum atomic E-state index is 12.9. The summed E-state index contributed by atoms with van der Waals surface area (Å²) in [5, 5.41) is 7.73. The van der Waals surface area contributed by atoms with E-state index in [1.54, 1.807) is 6.33 Å². The molecule has 0 radical (unpaired) electrons. The normalized spacial score (nSPS) is 13.6. The number of pyridine rings is 1. The Labute approximate surface area is 194 Å². The third-order valence-corrected chi connectivity index (χ3v) is 6.79. The molecule has 0 saturated heterocycles. The van der Waals surface area contributed by atoms with E-state index in [1.165, 1.54) is 18.4 Å². The number of anilines is 2. The summed E-state index contributed by atoms with van der Waals surface area (Å²) < 4.78 is 8.74. The van der Waals surface area contributed by atoms with Crippen LogP contribution in [-0.2, 0) is 24.8 Å². The number of carbonyl (C=O) groups is 2. The highest BCUT2D eigenvalue weighted by molar-refractivity contribution is 7.17. The molecule has 5 rings (SSSR count). The highest BCUT2D eigenvalue weighted by Crippen LogP contribution is 2.34. The summed E-state index contributed by atoms with van der Waals surface area (Å²) in [7, 11) is 3.27. The van der Waals surface area contributed by atoms with Crippen LogP contribution >= 0.6 is 11.3 Å². The fourth-order valence-electron chi connectivity index (χ4n) is 3.99. The minimum Gasteiger partial charge on any atom is -0.465 e. The molecule has 1 saturated carbocycles. The van der Waals surface area contributed by atoms with Gasteiger partial charge in [-0.1, -0.05) is 18.3 Å². The molecule has 0 atom stereocenters. The van der Waals surface area contributed by atoms with Crippen molar-refractivity contribution in [1.82, 2.24) is 29.4 Å². The zero-order valence-electron chi connectivity index (χ0n) is 18.9. The molecule has 1 aliphatic rings. The number of esters is 1. The van der Waals surface area contributed by atoms with Crippen LogP contribution < -0.4 is 10.6 Å². The molecule has 0 spiro atoms. The molecule has 0 aliphatic heterocycles. The topological polar surface area (TPSA) is 116 Å². The summed E-state index contributed by atoms with van der Waals surface area (Å²) in [5.74, 6) is 0.0280. The van der Waals surface area contributed by atoms with Crippen LogP contribution in [0.4, 0.5) is 10.9 Å².